The number of nitrogen functional groups attached to an aromatic ring is 1. The molecular formula is C19H19N5O2. The standard InChI is InChI=1S/C19H19N5O2/c1-24(19(26)11-6-8-21-9-7-11)13-4-5-14-15(10-13)23-17(20)16(14)18(25)22-12-2-3-12/h4-10,12,23H,2-3,20H2,1H3,(H,22,25). The van der Waals surface area contributed by atoms with Crippen LogP contribution in [0.4, 0.5) is 11.5 Å². The Hall–Kier alpha value is -3.35. The number of hydrogen-bond donors (Lipinski definition) is 3. The zero-order valence-corrected chi connectivity index (χ0v) is 14.3. The van der Waals surface area contributed by atoms with Gasteiger partial charge in [0.2, 0.25) is 0 Å². The summed E-state index contributed by atoms with van der Waals surface area (Å²) in [5.41, 5.74) is 8.46. The summed E-state index contributed by atoms with van der Waals surface area (Å²) in [6.45, 7) is 0. The van der Waals surface area contributed by atoms with E-state index in [4.69, 9.17) is 5.73 Å². The summed E-state index contributed by atoms with van der Waals surface area (Å²) < 4.78 is 0. The minimum atomic E-state index is -0.162. The number of nitrogens with one attached hydrogen (secondary N) is 2. The minimum absolute atomic E-state index is 0.141. The number of aromatic nitrogens is 2. The average molecular weight is 349 g/mol. The van der Waals surface area contributed by atoms with Crippen LogP contribution in [0.25, 0.3) is 10.9 Å². The van der Waals surface area contributed by atoms with Crippen molar-refractivity contribution in [3.63, 3.8) is 0 Å². The fourth-order valence-corrected chi connectivity index (χ4v) is 2.95. The first-order valence-electron chi connectivity index (χ1n) is 8.44. The molecule has 2 aromatic heterocycles. The molecule has 0 unspecified atom stereocenters. The van der Waals surface area contributed by atoms with Crippen LogP contribution in [0.1, 0.15) is 33.6 Å². The molecule has 7 nitrogen and oxygen atoms in total. The highest BCUT2D eigenvalue weighted by molar-refractivity contribution is 6.13. The Morgan fingerprint density at radius 3 is 2.65 bits per heavy atom. The molecule has 2 heterocycles. The molecule has 0 spiro atoms. The third-order valence-electron chi connectivity index (χ3n) is 4.57. The van der Waals surface area contributed by atoms with Gasteiger partial charge >= 0.3 is 0 Å². The Labute approximate surface area is 150 Å². The van der Waals surface area contributed by atoms with E-state index in [2.05, 4.69) is 15.3 Å². The van der Waals surface area contributed by atoms with Crippen LogP contribution in [-0.4, -0.2) is 34.9 Å². The van der Waals surface area contributed by atoms with Crippen molar-refractivity contribution in [3.8, 4) is 0 Å². The monoisotopic (exact) mass is 349 g/mol. The third kappa shape index (κ3) is 2.88. The van der Waals surface area contributed by atoms with Crippen molar-refractivity contribution in [2.45, 2.75) is 18.9 Å². The van der Waals surface area contributed by atoms with Gasteiger partial charge in [0.1, 0.15) is 5.82 Å². The van der Waals surface area contributed by atoms with Gasteiger partial charge in [0.05, 0.1) is 5.56 Å². The van der Waals surface area contributed by atoms with Crippen LogP contribution in [0, 0.1) is 0 Å². The molecule has 1 aliphatic rings. The van der Waals surface area contributed by atoms with Crippen molar-refractivity contribution in [1.29, 1.82) is 0 Å². The maximum absolute atomic E-state index is 12.6. The fraction of sp³-hybridized carbons (Fsp3) is 0.211. The SMILES string of the molecule is CN(C(=O)c1ccncc1)c1ccc2c(C(=O)NC3CC3)c(N)[nH]c2c1. The van der Waals surface area contributed by atoms with E-state index in [-0.39, 0.29) is 17.9 Å². The molecule has 4 rings (SSSR count). The largest absolute Gasteiger partial charge is 0.385 e. The zero-order valence-electron chi connectivity index (χ0n) is 14.3. The Balaban J connectivity index is 1.65. The van der Waals surface area contributed by atoms with Crippen LogP contribution in [-0.2, 0) is 0 Å². The van der Waals surface area contributed by atoms with E-state index in [0.717, 1.165) is 23.7 Å². The smallest absolute Gasteiger partial charge is 0.258 e. The predicted octanol–water partition coefficient (Wildman–Crippen LogP) is 2.31. The van der Waals surface area contributed by atoms with Crippen molar-refractivity contribution in [1.82, 2.24) is 15.3 Å². The van der Waals surface area contributed by atoms with E-state index in [1.165, 1.54) is 0 Å². The fourth-order valence-electron chi connectivity index (χ4n) is 2.95. The number of carbonyl (C=O) groups is 2. The summed E-state index contributed by atoms with van der Waals surface area (Å²) in [5.74, 6) is 0.0293. The summed E-state index contributed by atoms with van der Waals surface area (Å²) in [5, 5.41) is 3.70. The molecule has 0 saturated heterocycles. The quantitative estimate of drug-likeness (QED) is 0.672. The Kier molecular flexibility index (Phi) is 3.84. The first kappa shape index (κ1) is 16.1. The van der Waals surface area contributed by atoms with Gasteiger partial charge in [-0.25, -0.2) is 0 Å². The number of nitrogens with zero attached hydrogens (tertiary/aromatic N) is 2. The molecule has 1 aromatic carbocycles. The van der Waals surface area contributed by atoms with Crippen molar-refractivity contribution < 1.29 is 9.59 Å². The lowest BCUT2D eigenvalue weighted by Crippen LogP contribution is -2.26. The molecule has 0 bridgehead atoms. The number of amides is 2. The van der Waals surface area contributed by atoms with Gasteiger partial charge in [-0.3, -0.25) is 14.6 Å². The van der Waals surface area contributed by atoms with E-state index in [1.807, 2.05) is 18.2 Å². The summed E-state index contributed by atoms with van der Waals surface area (Å²) in [6, 6.07) is 9.04. The lowest BCUT2D eigenvalue weighted by atomic mass is 10.1. The minimum Gasteiger partial charge on any atom is -0.385 e. The first-order valence-corrected chi connectivity index (χ1v) is 8.44. The van der Waals surface area contributed by atoms with E-state index in [1.54, 1.807) is 36.5 Å². The number of benzene rings is 1. The van der Waals surface area contributed by atoms with Gasteiger partial charge in [-0.15, -0.1) is 0 Å². The molecule has 0 atom stereocenters. The highest BCUT2D eigenvalue weighted by atomic mass is 16.2. The molecule has 2 amide bonds. The van der Waals surface area contributed by atoms with Gasteiger partial charge in [-0.05, 0) is 43.2 Å². The highest BCUT2D eigenvalue weighted by Gasteiger charge is 2.26. The number of rotatable bonds is 4. The highest BCUT2D eigenvalue weighted by Crippen LogP contribution is 2.29. The van der Waals surface area contributed by atoms with Crippen molar-refractivity contribution in [3.05, 3.63) is 53.9 Å². The van der Waals surface area contributed by atoms with Gasteiger partial charge in [-0.1, -0.05) is 0 Å². The van der Waals surface area contributed by atoms with Gasteiger partial charge in [0, 0.05) is 47.6 Å². The first-order chi connectivity index (χ1) is 12.5. The number of anilines is 2. The van der Waals surface area contributed by atoms with E-state index < -0.39 is 0 Å². The molecule has 3 aromatic rings. The van der Waals surface area contributed by atoms with Crippen LogP contribution in [0.2, 0.25) is 0 Å². The van der Waals surface area contributed by atoms with Crippen molar-refractivity contribution >= 4 is 34.2 Å². The van der Waals surface area contributed by atoms with Gasteiger partial charge < -0.3 is 20.9 Å². The van der Waals surface area contributed by atoms with Crippen LogP contribution in [0.15, 0.2) is 42.7 Å². The second kappa shape index (κ2) is 6.18. The van der Waals surface area contributed by atoms with Gasteiger partial charge in [0.25, 0.3) is 11.8 Å². The van der Waals surface area contributed by atoms with Crippen LogP contribution in [0.5, 0.6) is 0 Å². The van der Waals surface area contributed by atoms with Crippen LogP contribution < -0.4 is 16.0 Å². The van der Waals surface area contributed by atoms with E-state index in [9.17, 15) is 9.59 Å². The second-order valence-electron chi connectivity index (χ2n) is 6.49. The topological polar surface area (TPSA) is 104 Å². The Morgan fingerprint density at radius 2 is 1.96 bits per heavy atom. The zero-order chi connectivity index (χ0) is 18.3. The molecular weight excluding hydrogens is 330 g/mol. The third-order valence-corrected chi connectivity index (χ3v) is 4.57. The predicted molar refractivity (Wildman–Crippen MR) is 100 cm³/mol. The molecule has 4 N–H and O–H groups in total. The number of nitrogens with two attached hydrogens (primary N) is 1. The number of hydrogen-bond acceptors (Lipinski definition) is 4. The maximum Gasteiger partial charge on any atom is 0.258 e. The number of carbonyl (C=O) groups excluding carboxylic acids is 2. The lowest BCUT2D eigenvalue weighted by Gasteiger charge is -2.17. The number of fused-ring (bicyclic) bond motifs is 1. The summed E-state index contributed by atoms with van der Waals surface area (Å²) in [7, 11) is 1.71. The van der Waals surface area contributed by atoms with Gasteiger partial charge in [-0.2, -0.15) is 0 Å². The molecule has 7 heteroatoms. The molecule has 1 fully saturated rings. The summed E-state index contributed by atoms with van der Waals surface area (Å²) in [4.78, 5) is 33.5. The number of aromatic amines is 1. The Morgan fingerprint density at radius 1 is 1.23 bits per heavy atom. The van der Waals surface area contributed by atoms with Crippen molar-refractivity contribution in [2.24, 2.45) is 0 Å². The Bertz CT molecular complexity index is 992. The normalized spacial score (nSPS) is 13.6. The second-order valence-corrected chi connectivity index (χ2v) is 6.49. The van der Waals surface area contributed by atoms with Crippen LogP contribution in [0.3, 0.4) is 0 Å². The van der Waals surface area contributed by atoms with Crippen LogP contribution >= 0.6 is 0 Å². The molecule has 0 aliphatic heterocycles. The summed E-state index contributed by atoms with van der Waals surface area (Å²) >= 11 is 0. The number of pyridine rings is 1. The molecule has 26 heavy (non-hydrogen) atoms. The van der Waals surface area contributed by atoms with Crippen molar-refractivity contribution in [2.75, 3.05) is 17.7 Å². The lowest BCUT2D eigenvalue weighted by molar-refractivity contribution is 0.0952. The number of H-pyrrole nitrogens is 1. The van der Waals surface area contributed by atoms with E-state index >= 15 is 0 Å². The molecule has 0 radical (unpaired) electrons. The maximum atomic E-state index is 12.6. The van der Waals surface area contributed by atoms with E-state index in [0.29, 0.717) is 22.6 Å². The summed E-state index contributed by atoms with van der Waals surface area (Å²) in [6.07, 6.45) is 5.20. The van der Waals surface area contributed by atoms with Gasteiger partial charge in [0.15, 0.2) is 0 Å². The molecule has 132 valence electrons. The molecule has 1 saturated carbocycles. The average Bonchev–Trinajstić information content (AvgIpc) is 3.40. The molecule has 1 aliphatic carbocycles.